The number of nitrogens with one attached hydrogen (secondary N) is 1. The van der Waals surface area contributed by atoms with Crippen LogP contribution in [0.2, 0.25) is 0 Å². The van der Waals surface area contributed by atoms with Gasteiger partial charge in [-0.2, -0.15) is 4.90 Å². The quantitative estimate of drug-likeness (QED) is 0.112. The first-order valence-corrected chi connectivity index (χ1v) is 20.5. The number of carbonyl (C=O) groups excluding carboxylic acids is 3. The minimum atomic E-state index is -3.55. The molecule has 2 aromatic carbocycles. The van der Waals surface area contributed by atoms with Gasteiger partial charge in [-0.25, -0.2) is 37.6 Å². The van der Waals surface area contributed by atoms with Gasteiger partial charge in [0.1, 0.15) is 22.4 Å². The van der Waals surface area contributed by atoms with Crippen LogP contribution in [0.15, 0.2) is 59.6 Å². The number of hydrogen-bond donors (Lipinski definition) is 2. The molecule has 0 saturated heterocycles. The van der Waals surface area contributed by atoms with Crippen molar-refractivity contribution in [2.75, 3.05) is 11.4 Å². The number of anilines is 1. The van der Waals surface area contributed by atoms with Crippen molar-refractivity contribution >= 4 is 40.1 Å². The molecule has 0 spiro atoms. The number of ether oxygens (including phenoxy) is 4. The highest BCUT2D eigenvalue weighted by atomic mass is 32.2. The van der Waals surface area contributed by atoms with E-state index in [1.165, 1.54) is 18.3 Å². The molecule has 320 valence electrons. The monoisotopic (exact) mass is 836 g/mol. The zero-order chi connectivity index (χ0) is 44.7. The van der Waals surface area contributed by atoms with Gasteiger partial charge in [0.2, 0.25) is 0 Å². The van der Waals surface area contributed by atoms with Crippen molar-refractivity contribution in [3.63, 3.8) is 0 Å². The molecule has 0 aliphatic carbocycles. The maximum Gasteiger partial charge on any atom is 0.506 e. The van der Waals surface area contributed by atoms with Gasteiger partial charge in [-0.3, -0.25) is 0 Å². The van der Waals surface area contributed by atoms with E-state index in [4.69, 9.17) is 18.9 Å². The van der Waals surface area contributed by atoms with Gasteiger partial charge in [0.15, 0.2) is 21.3 Å². The predicted molar refractivity (Wildman–Crippen MR) is 222 cm³/mol. The number of benzene rings is 2. The van der Waals surface area contributed by atoms with Crippen molar-refractivity contribution in [3.05, 3.63) is 71.5 Å². The molecule has 1 unspecified atom stereocenters. The predicted octanol–water partition coefficient (Wildman–Crippen LogP) is 8.87. The standard InChI is InChI=1S/C43H56N4O11S/c1-27(2)59(53,54)32-21-19-30(20-22-32)34-26-44-35(47(37(49)56-41(6,7)8)38(50)57-42(9,10)11)33(46-34)23-16-28-14-17-29(18-15-28)31(24-43(12,13)58-39(51)52)25-45-36(48)55-40(3,4)5/h14-15,17-22,26-27,31H,24-25H2,1-13H3,(H,45,48)(H,51,52). The van der Waals surface area contributed by atoms with E-state index in [0.717, 1.165) is 5.56 Å². The van der Waals surface area contributed by atoms with Crippen LogP contribution in [0.4, 0.5) is 25.0 Å². The number of hydrogen-bond acceptors (Lipinski definition) is 12. The maximum atomic E-state index is 13.6. The maximum absolute atomic E-state index is 13.6. The fourth-order valence-electron chi connectivity index (χ4n) is 5.39. The number of aromatic nitrogens is 2. The smallest absolute Gasteiger partial charge is 0.450 e. The topological polar surface area (TPSA) is 201 Å². The Labute approximate surface area is 347 Å². The molecule has 59 heavy (non-hydrogen) atoms. The number of rotatable bonds is 10. The normalized spacial score (nSPS) is 12.7. The number of amides is 3. The van der Waals surface area contributed by atoms with Crippen molar-refractivity contribution < 1.29 is 51.6 Å². The van der Waals surface area contributed by atoms with Crippen molar-refractivity contribution in [2.24, 2.45) is 0 Å². The second-order valence-corrected chi connectivity index (χ2v) is 20.1. The van der Waals surface area contributed by atoms with Crippen LogP contribution in [0.5, 0.6) is 0 Å². The van der Waals surface area contributed by atoms with Gasteiger partial charge in [-0.15, -0.1) is 0 Å². The molecule has 0 aliphatic heterocycles. The summed E-state index contributed by atoms with van der Waals surface area (Å²) in [6.07, 6.45) is -2.69. The van der Waals surface area contributed by atoms with Gasteiger partial charge < -0.3 is 29.4 Å². The summed E-state index contributed by atoms with van der Waals surface area (Å²) in [6, 6.07) is 13.0. The SMILES string of the molecule is CC(C)S(=O)(=O)c1ccc(-c2cnc(N(C(=O)OC(C)(C)C)C(=O)OC(C)(C)C)c(C#Cc3ccc(C(CNC(=O)OC(C)(C)C)CC(C)(C)OC(=O)O)cc3)n2)cc1. The Morgan fingerprint density at radius 3 is 1.76 bits per heavy atom. The lowest BCUT2D eigenvalue weighted by molar-refractivity contribution is -0.00546. The van der Waals surface area contributed by atoms with E-state index >= 15 is 0 Å². The van der Waals surface area contributed by atoms with Crippen LogP contribution < -0.4 is 10.2 Å². The summed E-state index contributed by atoms with van der Waals surface area (Å²) in [7, 11) is -3.55. The fraction of sp³-hybridized carbons (Fsp3) is 0.488. The molecule has 1 atom stereocenters. The molecule has 0 aliphatic rings. The Bertz CT molecular complexity index is 2140. The summed E-state index contributed by atoms with van der Waals surface area (Å²) in [4.78, 5) is 61.1. The largest absolute Gasteiger partial charge is 0.506 e. The lowest BCUT2D eigenvalue weighted by Crippen LogP contribution is -2.44. The number of nitrogens with zero attached hydrogens (tertiary/aromatic N) is 3. The summed E-state index contributed by atoms with van der Waals surface area (Å²) in [6.45, 7) is 21.6. The molecule has 15 nitrogen and oxygen atoms in total. The molecular weight excluding hydrogens is 781 g/mol. The number of carboxylic acid groups (broad SMARTS) is 1. The van der Waals surface area contributed by atoms with Gasteiger partial charge in [0.05, 0.1) is 22.0 Å². The van der Waals surface area contributed by atoms with Crippen molar-refractivity contribution in [1.82, 2.24) is 15.3 Å². The Morgan fingerprint density at radius 1 is 0.763 bits per heavy atom. The van der Waals surface area contributed by atoms with Crippen LogP contribution in [0.3, 0.4) is 0 Å². The molecule has 2 N–H and O–H groups in total. The van der Waals surface area contributed by atoms with E-state index < -0.39 is 67.8 Å². The van der Waals surface area contributed by atoms with Gasteiger partial charge in [0.25, 0.3) is 0 Å². The third kappa shape index (κ3) is 14.9. The van der Waals surface area contributed by atoms with E-state index in [1.54, 1.807) is 126 Å². The zero-order valence-corrected chi connectivity index (χ0v) is 36.9. The van der Waals surface area contributed by atoms with Crippen LogP contribution in [0, 0.1) is 11.8 Å². The number of carbonyl (C=O) groups is 4. The first-order chi connectivity index (χ1) is 27.0. The molecule has 1 aromatic heterocycles. The average Bonchev–Trinajstić information content (AvgIpc) is 3.07. The van der Waals surface area contributed by atoms with Crippen LogP contribution in [-0.2, 0) is 28.8 Å². The van der Waals surface area contributed by atoms with E-state index in [1.807, 2.05) is 0 Å². The summed E-state index contributed by atoms with van der Waals surface area (Å²) >= 11 is 0. The molecule has 3 rings (SSSR count). The molecule has 0 saturated carbocycles. The van der Waals surface area contributed by atoms with Crippen LogP contribution >= 0.6 is 0 Å². The van der Waals surface area contributed by atoms with Gasteiger partial charge >= 0.3 is 24.4 Å². The zero-order valence-electron chi connectivity index (χ0n) is 36.0. The Morgan fingerprint density at radius 2 is 1.29 bits per heavy atom. The third-order valence-corrected chi connectivity index (χ3v) is 10.1. The molecule has 0 fully saturated rings. The second-order valence-electron chi connectivity index (χ2n) is 17.6. The Hall–Kier alpha value is -5.69. The van der Waals surface area contributed by atoms with Gasteiger partial charge in [-0.1, -0.05) is 30.2 Å². The summed E-state index contributed by atoms with van der Waals surface area (Å²) in [5.74, 6) is 5.27. The number of imide groups is 1. The van der Waals surface area contributed by atoms with Gasteiger partial charge in [-0.05, 0) is 132 Å². The summed E-state index contributed by atoms with van der Waals surface area (Å²) in [5, 5.41) is 11.4. The summed E-state index contributed by atoms with van der Waals surface area (Å²) < 4.78 is 47.2. The van der Waals surface area contributed by atoms with E-state index in [2.05, 4.69) is 27.1 Å². The average molecular weight is 837 g/mol. The fourth-order valence-corrected chi connectivity index (χ4v) is 6.45. The first kappa shape index (κ1) is 47.7. The highest BCUT2D eigenvalue weighted by Gasteiger charge is 2.36. The number of alkyl carbamates (subject to hydrolysis) is 1. The molecule has 0 bridgehead atoms. The molecule has 0 radical (unpaired) electrons. The Balaban J connectivity index is 2.16. The summed E-state index contributed by atoms with van der Waals surface area (Å²) in [5.41, 5.74) is -1.99. The van der Waals surface area contributed by atoms with E-state index in [9.17, 15) is 32.7 Å². The highest BCUT2D eigenvalue weighted by molar-refractivity contribution is 7.92. The lowest BCUT2D eigenvalue weighted by atomic mass is 9.87. The lowest BCUT2D eigenvalue weighted by Gasteiger charge is -2.29. The first-order valence-electron chi connectivity index (χ1n) is 18.9. The van der Waals surface area contributed by atoms with E-state index in [0.29, 0.717) is 16.0 Å². The van der Waals surface area contributed by atoms with Gasteiger partial charge in [0, 0.05) is 23.6 Å². The molecule has 3 aromatic rings. The van der Waals surface area contributed by atoms with Crippen molar-refractivity contribution in [1.29, 1.82) is 0 Å². The molecule has 1 heterocycles. The van der Waals surface area contributed by atoms with Crippen molar-refractivity contribution in [3.8, 4) is 23.1 Å². The second kappa shape index (κ2) is 18.5. The molecular formula is C43H56N4O11S. The van der Waals surface area contributed by atoms with Crippen LogP contribution in [0.1, 0.15) is 119 Å². The van der Waals surface area contributed by atoms with Crippen LogP contribution in [-0.4, -0.2) is 82.1 Å². The highest BCUT2D eigenvalue weighted by Crippen LogP contribution is 2.30. The number of sulfone groups is 1. The van der Waals surface area contributed by atoms with E-state index in [-0.39, 0.29) is 35.1 Å². The molecule has 3 amide bonds. The van der Waals surface area contributed by atoms with Crippen molar-refractivity contribution in [2.45, 2.75) is 135 Å². The molecule has 16 heteroatoms. The minimum Gasteiger partial charge on any atom is -0.450 e. The Kier molecular flexibility index (Phi) is 14.9. The third-order valence-electron chi connectivity index (χ3n) is 7.92. The minimum absolute atomic E-state index is 0.103. The van der Waals surface area contributed by atoms with Crippen LogP contribution in [0.25, 0.3) is 11.3 Å².